The maximum atomic E-state index is 5.35. The fraction of sp³-hybridized carbons (Fsp3) is 0.100. The number of hydrogen-bond acceptors (Lipinski definition) is 3. The Labute approximate surface area is 320 Å². The number of aryl methyl sites for hydroxylation is 1. The highest BCUT2D eigenvalue weighted by molar-refractivity contribution is 6.11. The second-order valence-corrected chi connectivity index (χ2v) is 14.4. The van der Waals surface area contributed by atoms with Gasteiger partial charge in [-0.05, 0) is 83.8 Å². The summed E-state index contributed by atoms with van der Waals surface area (Å²) in [6, 6.07) is 60.4. The molecule has 1 atom stereocenters. The predicted molar refractivity (Wildman–Crippen MR) is 227 cm³/mol. The molecular formula is C50H39N5. The van der Waals surface area contributed by atoms with Gasteiger partial charge in [0.15, 0.2) is 5.82 Å². The van der Waals surface area contributed by atoms with Crippen LogP contribution >= 0.6 is 0 Å². The summed E-state index contributed by atoms with van der Waals surface area (Å²) in [7, 11) is 0. The van der Waals surface area contributed by atoms with Crippen molar-refractivity contribution in [2.24, 2.45) is 0 Å². The first kappa shape index (κ1) is 32.8. The van der Waals surface area contributed by atoms with Crippen molar-refractivity contribution < 1.29 is 0 Å². The fourth-order valence-corrected chi connectivity index (χ4v) is 8.50. The molecule has 10 rings (SSSR count). The van der Waals surface area contributed by atoms with Gasteiger partial charge in [-0.2, -0.15) is 15.0 Å². The van der Waals surface area contributed by atoms with Gasteiger partial charge in [-0.15, -0.1) is 0 Å². The van der Waals surface area contributed by atoms with E-state index < -0.39 is 0 Å². The molecule has 55 heavy (non-hydrogen) atoms. The molecule has 264 valence electrons. The average Bonchev–Trinajstić information content (AvgIpc) is 3.75. The molecule has 0 bridgehead atoms. The molecule has 0 fully saturated rings. The Bertz CT molecular complexity index is 2960. The van der Waals surface area contributed by atoms with E-state index in [0.29, 0.717) is 23.6 Å². The number of rotatable bonds is 8. The Hall–Kier alpha value is -6.85. The maximum absolute atomic E-state index is 5.35. The third-order valence-corrected chi connectivity index (χ3v) is 11.2. The second-order valence-electron chi connectivity index (χ2n) is 14.4. The monoisotopic (exact) mass is 709 g/mol. The summed E-state index contributed by atoms with van der Waals surface area (Å²) in [4.78, 5) is 15.8. The van der Waals surface area contributed by atoms with Gasteiger partial charge >= 0.3 is 0 Å². The summed E-state index contributed by atoms with van der Waals surface area (Å²) in [5.74, 6) is 2.19. The van der Waals surface area contributed by atoms with Crippen LogP contribution in [0.4, 0.5) is 0 Å². The lowest BCUT2D eigenvalue weighted by Crippen LogP contribution is -2.10. The SMILES string of the molecule is CCC(Cc1ccccc1)c1ccccc1-c1cc2c3ccccc3n(-c3nc(-c4ccccc4)nc(-n4c5ccccc5c5ccccc54)n3)c2cc1C. The van der Waals surface area contributed by atoms with Crippen molar-refractivity contribution in [3.05, 3.63) is 187 Å². The molecule has 0 aliphatic rings. The van der Waals surface area contributed by atoms with Crippen LogP contribution in [0.1, 0.15) is 36.0 Å². The van der Waals surface area contributed by atoms with E-state index in [0.717, 1.165) is 56.6 Å². The van der Waals surface area contributed by atoms with Gasteiger partial charge in [0.1, 0.15) is 0 Å². The predicted octanol–water partition coefficient (Wildman–Crippen LogP) is 12.4. The van der Waals surface area contributed by atoms with Crippen molar-refractivity contribution >= 4 is 43.6 Å². The van der Waals surface area contributed by atoms with E-state index in [1.807, 2.05) is 18.2 Å². The van der Waals surface area contributed by atoms with Crippen molar-refractivity contribution in [2.75, 3.05) is 0 Å². The first-order valence-electron chi connectivity index (χ1n) is 19.1. The van der Waals surface area contributed by atoms with Gasteiger partial charge in [-0.25, -0.2) is 0 Å². The van der Waals surface area contributed by atoms with Crippen molar-refractivity contribution in [3.8, 4) is 34.4 Å². The van der Waals surface area contributed by atoms with E-state index in [9.17, 15) is 0 Å². The highest BCUT2D eigenvalue weighted by Crippen LogP contribution is 2.40. The normalized spacial score (nSPS) is 12.3. The summed E-state index contributed by atoms with van der Waals surface area (Å²) in [6.45, 7) is 4.54. The van der Waals surface area contributed by atoms with Crippen molar-refractivity contribution in [2.45, 2.75) is 32.6 Å². The first-order chi connectivity index (χ1) is 27.2. The number of para-hydroxylation sites is 3. The van der Waals surface area contributed by atoms with E-state index in [-0.39, 0.29) is 0 Å². The number of aromatic nitrogens is 5. The lowest BCUT2D eigenvalue weighted by Gasteiger charge is -2.21. The summed E-state index contributed by atoms with van der Waals surface area (Å²) < 4.78 is 4.40. The Kier molecular flexibility index (Phi) is 8.06. The Morgan fingerprint density at radius 2 is 0.982 bits per heavy atom. The molecule has 3 heterocycles. The average molecular weight is 710 g/mol. The Morgan fingerprint density at radius 3 is 1.60 bits per heavy atom. The topological polar surface area (TPSA) is 48.5 Å². The maximum Gasteiger partial charge on any atom is 0.240 e. The molecule has 5 nitrogen and oxygen atoms in total. The van der Waals surface area contributed by atoms with E-state index in [2.05, 4.69) is 175 Å². The highest BCUT2D eigenvalue weighted by atomic mass is 15.3. The Morgan fingerprint density at radius 1 is 0.473 bits per heavy atom. The molecule has 0 aliphatic heterocycles. The highest BCUT2D eigenvalue weighted by Gasteiger charge is 2.23. The van der Waals surface area contributed by atoms with Crippen LogP contribution in [0, 0.1) is 6.92 Å². The van der Waals surface area contributed by atoms with Crippen molar-refractivity contribution in [1.29, 1.82) is 0 Å². The number of hydrogen-bond donors (Lipinski definition) is 0. The third-order valence-electron chi connectivity index (χ3n) is 11.2. The van der Waals surface area contributed by atoms with Gasteiger partial charge in [0.05, 0.1) is 22.1 Å². The molecule has 0 radical (unpaired) electrons. The molecule has 0 spiro atoms. The molecule has 0 N–H and O–H groups in total. The van der Waals surface area contributed by atoms with Crippen LogP contribution in [0.15, 0.2) is 170 Å². The van der Waals surface area contributed by atoms with Crippen LogP contribution in [0.2, 0.25) is 0 Å². The molecular weight excluding hydrogens is 671 g/mol. The van der Waals surface area contributed by atoms with E-state index in [4.69, 9.17) is 15.0 Å². The van der Waals surface area contributed by atoms with E-state index in [1.165, 1.54) is 33.2 Å². The molecule has 0 saturated heterocycles. The Balaban J connectivity index is 1.21. The molecule has 10 aromatic rings. The lowest BCUT2D eigenvalue weighted by molar-refractivity contribution is 0.662. The zero-order valence-electron chi connectivity index (χ0n) is 30.9. The minimum absolute atomic E-state index is 0.399. The quantitative estimate of drug-likeness (QED) is 0.158. The molecule has 7 aromatic carbocycles. The van der Waals surface area contributed by atoms with Crippen LogP contribution in [-0.2, 0) is 6.42 Å². The summed E-state index contributed by atoms with van der Waals surface area (Å²) >= 11 is 0. The molecule has 1 unspecified atom stereocenters. The van der Waals surface area contributed by atoms with Gasteiger partial charge in [0.25, 0.3) is 0 Å². The van der Waals surface area contributed by atoms with Gasteiger partial charge in [0, 0.05) is 27.1 Å². The summed E-state index contributed by atoms with van der Waals surface area (Å²) in [6.07, 6.45) is 2.07. The van der Waals surface area contributed by atoms with Crippen molar-refractivity contribution in [1.82, 2.24) is 24.1 Å². The van der Waals surface area contributed by atoms with Crippen molar-refractivity contribution in [3.63, 3.8) is 0 Å². The molecule has 0 amide bonds. The molecule has 0 saturated carbocycles. The number of benzene rings is 7. The minimum atomic E-state index is 0.399. The fourth-order valence-electron chi connectivity index (χ4n) is 8.50. The lowest BCUT2D eigenvalue weighted by atomic mass is 9.84. The molecule has 5 heteroatoms. The van der Waals surface area contributed by atoms with Crippen LogP contribution in [0.3, 0.4) is 0 Å². The van der Waals surface area contributed by atoms with Gasteiger partial charge in [-0.1, -0.05) is 146 Å². The summed E-state index contributed by atoms with van der Waals surface area (Å²) in [5, 5.41) is 4.65. The van der Waals surface area contributed by atoms with Crippen LogP contribution < -0.4 is 0 Å². The van der Waals surface area contributed by atoms with Crippen LogP contribution in [0.5, 0.6) is 0 Å². The second kappa shape index (κ2) is 13.5. The largest absolute Gasteiger partial charge is 0.278 e. The number of fused-ring (bicyclic) bond motifs is 6. The summed E-state index contributed by atoms with van der Waals surface area (Å²) in [5.41, 5.74) is 11.7. The first-order valence-corrected chi connectivity index (χ1v) is 19.1. The zero-order valence-corrected chi connectivity index (χ0v) is 30.9. The number of nitrogens with zero attached hydrogens (tertiary/aromatic N) is 5. The molecule has 3 aromatic heterocycles. The van der Waals surface area contributed by atoms with Crippen LogP contribution in [0.25, 0.3) is 78.0 Å². The van der Waals surface area contributed by atoms with Gasteiger partial charge < -0.3 is 0 Å². The standard InChI is InChI=1S/C50H39N5/c1-3-35(31-34-18-6-4-7-19-34)37-22-10-11-23-38(37)42-32-43-41-26-14-17-29-46(41)55(47(43)30-33(42)2)50-52-48(36-20-8-5-9-21-36)51-49(53-50)54-44-27-15-12-24-39(44)40-25-13-16-28-45(40)54/h4-30,32,35H,3,31H2,1-2H3. The van der Waals surface area contributed by atoms with Gasteiger partial charge in [-0.3, -0.25) is 9.13 Å². The van der Waals surface area contributed by atoms with E-state index >= 15 is 0 Å². The van der Waals surface area contributed by atoms with Gasteiger partial charge in [0.2, 0.25) is 11.9 Å². The zero-order chi connectivity index (χ0) is 36.9. The van der Waals surface area contributed by atoms with Crippen LogP contribution in [-0.4, -0.2) is 24.1 Å². The molecule has 0 aliphatic carbocycles. The van der Waals surface area contributed by atoms with E-state index in [1.54, 1.807) is 0 Å². The minimum Gasteiger partial charge on any atom is -0.278 e. The third kappa shape index (κ3) is 5.59. The smallest absolute Gasteiger partial charge is 0.240 e.